The highest BCUT2D eigenvalue weighted by molar-refractivity contribution is 9.10. The SMILES string of the molecule is OC(C1=NCCCN1)(c1ccc(OC(F)(F)F)cc1)c1ccc(F)c(Br)c1. The van der Waals surface area contributed by atoms with Gasteiger partial charge in [0, 0.05) is 13.1 Å². The van der Waals surface area contributed by atoms with Crippen LogP contribution in [0.15, 0.2) is 51.9 Å². The van der Waals surface area contributed by atoms with E-state index in [1.54, 1.807) is 0 Å². The number of halogens is 5. The molecular formula is C18H15BrF4N2O2. The van der Waals surface area contributed by atoms with Crippen LogP contribution in [0.1, 0.15) is 17.5 Å². The number of aliphatic imine (C=N–C) groups is 1. The van der Waals surface area contributed by atoms with Crippen LogP contribution in [0.25, 0.3) is 0 Å². The van der Waals surface area contributed by atoms with Crippen molar-refractivity contribution in [2.75, 3.05) is 13.1 Å². The van der Waals surface area contributed by atoms with E-state index in [1.807, 2.05) is 0 Å². The van der Waals surface area contributed by atoms with Crippen molar-refractivity contribution < 1.29 is 27.4 Å². The lowest BCUT2D eigenvalue weighted by molar-refractivity contribution is -0.274. The fraction of sp³-hybridized carbons (Fsp3) is 0.278. The smallest absolute Gasteiger partial charge is 0.406 e. The summed E-state index contributed by atoms with van der Waals surface area (Å²) in [4.78, 5) is 4.32. The first-order valence-corrected chi connectivity index (χ1v) is 8.82. The maximum Gasteiger partial charge on any atom is 0.573 e. The van der Waals surface area contributed by atoms with Crippen LogP contribution in [0.4, 0.5) is 17.6 Å². The van der Waals surface area contributed by atoms with Crippen LogP contribution in [0, 0.1) is 5.82 Å². The van der Waals surface area contributed by atoms with Gasteiger partial charge in [0.05, 0.1) is 4.47 Å². The molecule has 0 fully saturated rings. The number of hydrogen-bond donors (Lipinski definition) is 2. The fourth-order valence-electron chi connectivity index (χ4n) is 2.83. The van der Waals surface area contributed by atoms with E-state index >= 15 is 0 Å². The van der Waals surface area contributed by atoms with Crippen molar-refractivity contribution in [3.8, 4) is 5.75 Å². The van der Waals surface area contributed by atoms with Crippen molar-refractivity contribution >= 4 is 21.8 Å². The molecule has 1 heterocycles. The molecule has 0 aliphatic carbocycles. The van der Waals surface area contributed by atoms with Crippen LogP contribution in [0.2, 0.25) is 0 Å². The summed E-state index contributed by atoms with van der Waals surface area (Å²) in [5.41, 5.74) is -1.20. The summed E-state index contributed by atoms with van der Waals surface area (Å²) in [7, 11) is 0. The van der Waals surface area contributed by atoms with Crippen molar-refractivity contribution in [3.63, 3.8) is 0 Å². The highest BCUT2D eigenvalue weighted by atomic mass is 79.9. The molecule has 2 aromatic rings. The Kier molecular flexibility index (Phi) is 5.43. The molecule has 0 aromatic heterocycles. The van der Waals surface area contributed by atoms with E-state index in [4.69, 9.17) is 0 Å². The summed E-state index contributed by atoms with van der Waals surface area (Å²) in [6.07, 6.45) is -4.03. The summed E-state index contributed by atoms with van der Waals surface area (Å²) in [6.45, 7) is 1.07. The average Bonchev–Trinajstić information content (AvgIpc) is 2.63. The van der Waals surface area contributed by atoms with E-state index in [0.29, 0.717) is 18.7 Å². The largest absolute Gasteiger partial charge is 0.573 e. The molecule has 0 amide bonds. The number of benzene rings is 2. The van der Waals surface area contributed by atoms with Gasteiger partial charge in [-0.1, -0.05) is 18.2 Å². The number of nitrogens with one attached hydrogen (secondary N) is 1. The van der Waals surface area contributed by atoms with E-state index in [2.05, 4.69) is 31.0 Å². The molecule has 1 aliphatic rings. The van der Waals surface area contributed by atoms with Crippen molar-refractivity contribution in [3.05, 3.63) is 63.9 Å². The molecule has 1 unspecified atom stereocenters. The molecule has 0 bridgehead atoms. The third-order valence-corrected chi connectivity index (χ3v) is 4.69. The van der Waals surface area contributed by atoms with E-state index in [-0.39, 0.29) is 15.9 Å². The molecule has 2 aromatic carbocycles. The van der Waals surface area contributed by atoms with Gasteiger partial charge in [0.2, 0.25) is 0 Å². The van der Waals surface area contributed by atoms with E-state index < -0.39 is 23.5 Å². The molecular weight excluding hydrogens is 432 g/mol. The molecule has 27 heavy (non-hydrogen) atoms. The van der Waals surface area contributed by atoms with Crippen molar-refractivity contribution in [2.45, 2.75) is 18.4 Å². The highest BCUT2D eigenvalue weighted by Gasteiger charge is 2.39. The Hall–Kier alpha value is -2.13. The van der Waals surface area contributed by atoms with Crippen LogP contribution < -0.4 is 10.1 Å². The minimum Gasteiger partial charge on any atom is -0.406 e. The second kappa shape index (κ2) is 7.47. The minimum atomic E-state index is -4.81. The molecule has 1 aliphatic heterocycles. The number of amidine groups is 1. The van der Waals surface area contributed by atoms with Crippen LogP contribution in [0.5, 0.6) is 5.75 Å². The third kappa shape index (κ3) is 4.24. The van der Waals surface area contributed by atoms with Crippen LogP contribution >= 0.6 is 15.9 Å². The zero-order valence-corrected chi connectivity index (χ0v) is 15.4. The van der Waals surface area contributed by atoms with Gasteiger partial charge in [-0.2, -0.15) is 0 Å². The Morgan fingerprint density at radius 2 is 1.74 bits per heavy atom. The molecule has 9 heteroatoms. The minimum absolute atomic E-state index is 0.145. The molecule has 0 saturated carbocycles. The number of hydrogen-bond acceptors (Lipinski definition) is 4. The van der Waals surface area contributed by atoms with E-state index in [1.165, 1.54) is 30.3 Å². The number of aliphatic hydroxyl groups is 1. The first-order chi connectivity index (χ1) is 12.7. The predicted molar refractivity (Wildman–Crippen MR) is 95.1 cm³/mol. The second-order valence-electron chi connectivity index (χ2n) is 5.92. The van der Waals surface area contributed by atoms with Gasteiger partial charge in [-0.15, -0.1) is 13.2 Å². The van der Waals surface area contributed by atoms with Crippen molar-refractivity contribution in [2.24, 2.45) is 4.99 Å². The monoisotopic (exact) mass is 446 g/mol. The van der Waals surface area contributed by atoms with Crippen molar-refractivity contribution in [1.82, 2.24) is 5.32 Å². The fourth-order valence-corrected chi connectivity index (χ4v) is 3.21. The van der Waals surface area contributed by atoms with E-state index in [9.17, 15) is 22.7 Å². The van der Waals surface area contributed by atoms with Crippen molar-refractivity contribution in [1.29, 1.82) is 0 Å². The lowest BCUT2D eigenvalue weighted by Gasteiger charge is -2.33. The Labute approximate surface area is 161 Å². The van der Waals surface area contributed by atoms with Gasteiger partial charge in [-0.05, 0) is 57.7 Å². The molecule has 2 N–H and O–H groups in total. The molecule has 144 valence electrons. The summed E-state index contributed by atoms with van der Waals surface area (Å²) < 4.78 is 54.8. The molecule has 0 spiro atoms. The molecule has 4 nitrogen and oxygen atoms in total. The first-order valence-electron chi connectivity index (χ1n) is 8.03. The van der Waals surface area contributed by atoms with Crippen LogP contribution in [-0.4, -0.2) is 30.4 Å². The predicted octanol–water partition coefficient (Wildman–Crippen LogP) is 4.11. The van der Waals surface area contributed by atoms with Gasteiger partial charge >= 0.3 is 6.36 Å². The zero-order valence-electron chi connectivity index (χ0n) is 13.9. The summed E-state index contributed by atoms with van der Waals surface area (Å²) in [5.74, 6) is -0.669. The van der Waals surface area contributed by atoms with Crippen LogP contribution in [0.3, 0.4) is 0 Å². The molecule has 3 rings (SSSR count). The van der Waals surface area contributed by atoms with Gasteiger partial charge in [0.1, 0.15) is 17.4 Å². The van der Waals surface area contributed by atoms with Gasteiger partial charge in [-0.25, -0.2) is 4.39 Å². The Bertz CT molecular complexity index is 855. The van der Waals surface area contributed by atoms with Gasteiger partial charge in [0.15, 0.2) is 5.60 Å². The van der Waals surface area contributed by atoms with Gasteiger partial charge in [0.25, 0.3) is 0 Å². The van der Waals surface area contributed by atoms with Gasteiger partial charge in [-0.3, -0.25) is 4.99 Å². The lowest BCUT2D eigenvalue weighted by Crippen LogP contribution is -2.47. The maximum atomic E-state index is 13.6. The number of nitrogens with zero attached hydrogens (tertiary/aromatic N) is 1. The normalized spacial score (nSPS) is 16.9. The lowest BCUT2D eigenvalue weighted by atomic mass is 9.84. The number of alkyl halides is 3. The average molecular weight is 447 g/mol. The zero-order chi connectivity index (χ0) is 19.7. The highest BCUT2D eigenvalue weighted by Crippen LogP contribution is 2.35. The maximum absolute atomic E-state index is 13.6. The molecule has 0 saturated heterocycles. The number of ether oxygens (including phenoxy) is 1. The summed E-state index contributed by atoms with van der Waals surface area (Å²) in [5, 5.41) is 14.5. The second-order valence-corrected chi connectivity index (χ2v) is 6.78. The summed E-state index contributed by atoms with van der Waals surface area (Å²) >= 11 is 3.09. The Balaban J connectivity index is 2.07. The van der Waals surface area contributed by atoms with Gasteiger partial charge < -0.3 is 15.2 Å². The Morgan fingerprint density at radius 3 is 2.30 bits per heavy atom. The standard InChI is InChI=1S/C18H15BrF4N2O2/c19-14-10-12(4-7-15(14)20)17(26,16-24-8-1-9-25-16)11-2-5-13(6-3-11)27-18(21,22)23/h2-7,10,26H,1,8-9H2,(H,24,25). The van der Waals surface area contributed by atoms with E-state index in [0.717, 1.165) is 18.6 Å². The Morgan fingerprint density at radius 1 is 1.07 bits per heavy atom. The first kappa shape index (κ1) is 19.6. The number of rotatable bonds is 4. The topological polar surface area (TPSA) is 53.9 Å². The molecule has 1 atom stereocenters. The third-order valence-electron chi connectivity index (χ3n) is 4.08. The van der Waals surface area contributed by atoms with Crippen LogP contribution in [-0.2, 0) is 5.60 Å². The quantitative estimate of drug-likeness (QED) is 0.694. The summed E-state index contributed by atoms with van der Waals surface area (Å²) in [6, 6.07) is 8.85. The molecule has 0 radical (unpaired) electrons.